The van der Waals surface area contributed by atoms with Crippen LogP contribution in [0.15, 0.2) is 0 Å². The van der Waals surface area contributed by atoms with E-state index in [9.17, 15) is 19.5 Å². The van der Waals surface area contributed by atoms with Crippen molar-refractivity contribution in [1.82, 2.24) is 0 Å². The molecule has 75 heavy (non-hydrogen) atoms. The van der Waals surface area contributed by atoms with Gasteiger partial charge in [-0.2, -0.15) is 0 Å². The molecule has 9 heteroatoms. The van der Waals surface area contributed by atoms with Gasteiger partial charge in [-0.3, -0.25) is 9.59 Å². The Labute approximate surface area is 466 Å². The Morgan fingerprint density at radius 1 is 0.347 bits per heavy atom. The fraction of sp³-hybridized carbons (Fsp3) is 0.955. The normalized spacial score (nSPS) is 12.6. The molecule has 0 amide bonds. The summed E-state index contributed by atoms with van der Waals surface area (Å²) in [7, 11) is 5.93. The van der Waals surface area contributed by atoms with Crippen LogP contribution in [0.4, 0.5) is 0 Å². The Bertz CT molecular complexity index is 1190. The Morgan fingerprint density at radius 2 is 0.600 bits per heavy atom. The molecule has 0 aliphatic carbocycles. The third-order valence-electron chi connectivity index (χ3n) is 15.4. The Hall–Kier alpha value is -1.71. The van der Waals surface area contributed by atoms with Crippen LogP contribution in [0.2, 0.25) is 0 Å². The fourth-order valence-electron chi connectivity index (χ4n) is 10.2. The third kappa shape index (κ3) is 59.8. The molecule has 0 spiro atoms. The van der Waals surface area contributed by atoms with Crippen LogP contribution in [-0.2, 0) is 33.3 Å². The van der Waals surface area contributed by atoms with Gasteiger partial charge >= 0.3 is 11.9 Å². The molecule has 0 rings (SSSR count). The zero-order valence-corrected chi connectivity index (χ0v) is 51.0. The average molecular weight is 1060 g/mol. The highest BCUT2D eigenvalue weighted by Gasteiger charge is 2.22. The lowest BCUT2D eigenvalue weighted by molar-refractivity contribution is -0.870. The van der Waals surface area contributed by atoms with E-state index in [2.05, 4.69) is 13.8 Å². The molecule has 0 aromatic heterocycles. The molecule has 0 saturated carbocycles. The van der Waals surface area contributed by atoms with Gasteiger partial charge in [0.25, 0.3) is 0 Å². The van der Waals surface area contributed by atoms with E-state index in [1.807, 2.05) is 21.1 Å². The number of likely N-dealkylation sites (N-methyl/N-ethyl adjacent to an activating group) is 1. The van der Waals surface area contributed by atoms with Crippen molar-refractivity contribution in [1.29, 1.82) is 0 Å². The molecule has 0 fully saturated rings. The molecule has 0 N–H and O–H groups in total. The second-order valence-corrected chi connectivity index (χ2v) is 24.1. The van der Waals surface area contributed by atoms with Crippen molar-refractivity contribution in [2.24, 2.45) is 0 Å². The Balaban J connectivity index is 3.80. The number of carboxylic acid groups (broad SMARTS) is 1. The summed E-state index contributed by atoms with van der Waals surface area (Å²) < 4.78 is 22.7. The first-order chi connectivity index (χ1) is 36.6. The van der Waals surface area contributed by atoms with Crippen molar-refractivity contribution in [3.8, 4) is 0 Å². The van der Waals surface area contributed by atoms with Crippen LogP contribution in [0.1, 0.15) is 348 Å². The average Bonchev–Trinajstić information content (AvgIpc) is 3.38. The number of esters is 2. The summed E-state index contributed by atoms with van der Waals surface area (Å²) in [5.74, 6) is -2.26. The quantitative estimate of drug-likeness (QED) is 0.0256. The smallest absolute Gasteiger partial charge is 0.306 e. The van der Waals surface area contributed by atoms with Crippen LogP contribution in [0.25, 0.3) is 0 Å². The second-order valence-electron chi connectivity index (χ2n) is 24.1. The predicted octanol–water partition coefficient (Wildman–Crippen LogP) is 18.6. The van der Waals surface area contributed by atoms with Crippen LogP contribution in [0, 0.1) is 0 Å². The molecule has 446 valence electrons. The molecular formula is C66H129NO8. The second kappa shape index (κ2) is 58.4. The molecule has 0 aliphatic heterocycles. The topological polar surface area (TPSA) is 111 Å². The summed E-state index contributed by atoms with van der Waals surface area (Å²) in [4.78, 5) is 37.1. The molecule has 0 radical (unpaired) electrons. The monoisotopic (exact) mass is 1060 g/mol. The van der Waals surface area contributed by atoms with Gasteiger partial charge in [0.15, 0.2) is 12.4 Å². The van der Waals surface area contributed by atoms with E-state index in [4.69, 9.17) is 18.9 Å². The molecular weight excluding hydrogens is 935 g/mol. The van der Waals surface area contributed by atoms with Gasteiger partial charge in [0.1, 0.15) is 13.2 Å². The van der Waals surface area contributed by atoms with Crippen molar-refractivity contribution in [3.63, 3.8) is 0 Å². The van der Waals surface area contributed by atoms with Crippen LogP contribution in [-0.4, -0.2) is 82.3 Å². The number of hydrogen-bond acceptors (Lipinski definition) is 8. The number of aliphatic carboxylic acids is 1. The van der Waals surface area contributed by atoms with E-state index in [1.54, 1.807) is 0 Å². The molecule has 0 aromatic carbocycles. The zero-order valence-electron chi connectivity index (χ0n) is 51.0. The minimum Gasteiger partial charge on any atom is -0.545 e. The van der Waals surface area contributed by atoms with Gasteiger partial charge in [0, 0.05) is 12.8 Å². The summed E-state index contributed by atoms with van der Waals surface area (Å²) in [5.41, 5.74) is 0. The lowest BCUT2D eigenvalue weighted by Gasteiger charge is -2.26. The largest absolute Gasteiger partial charge is 0.545 e. The maximum atomic E-state index is 12.8. The summed E-state index contributed by atoms with van der Waals surface area (Å²) in [6.07, 6.45) is 65.1. The van der Waals surface area contributed by atoms with Crippen LogP contribution < -0.4 is 5.11 Å². The van der Waals surface area contributed by atoms with Crippen molar-refractivity contribution in [3.05, 3.63) is 0 Å². The summed E-state index contributed by atoms with van der Waals surface area (Å²) >= 11 is 0. The van der Waals surface area contributed by atoms with E-state index >= 15 is 0 Å². The van der Waals surface area contributed by atoms with Gasteiger partial charge in [-0.1, -0.05) is 322 Å². The molecule has 2 atom stereocenters. The number of carbonyl (C=O) groups excluding carboxylic acids is 3. The zero-order chi connectivity index (χ0) is 54.8. The van der Waals surface area contributed by atoms with Crippen molar-refractivity contribution in [2.45, 2.75) is 360 Å². The molecule has 9 nitrogen and oxygen atoms in total. The minimum absolute atomic E-state index is 0.153. The SMILES string of the molecule is CCCCCCCCCCCCCCCCCCCCCCCCCCCCCCCCCCCCCCCCCCC(=O)OC(COC(=O)CCCCCCCCCCCC)COC(OCC[N+](C)(C)C)C(=O)[O-]. The third-order valence-corrected chi connectivity index (χ3v) is 15.4. The highest BCUT2D eigenvalue weighted by Crippen LogP contribution is 2.19. The van der Waals surface area contributed by atoms with E-state index in [1.165, 1.54) is 283 Å². The molecule has 0 aromatic rings. The number of carboxylic acids is 1. The summed E-state index contributed by atoms with van der Waals surface area (Å²) in [6.45, 7) is 4.79. The number of quaternary nitrogens is 1. The number of carbonyl (C=O) groups is 3. The van der Waals surface area contributed by atoms with Crippen molar-refractivity contribution in [2.75, 3.05) is 47.5 Å². The molecule has 0 heterocycles. The molecule has 0 saturated heterocycles. The first kappa shape index (κ1) is 73.3. The standard InChI is InChI=1S/C66H129NO8/c1-6-8-10-12-14-16-18-19-20-21-22-23-24-25-26-27-28-29-30-31-32-33-34-35-36-37-38-39-40-41-42-43-44-45-46-47-49-51-53-55-57-64(69)75-62(61-74-66(65(70)71)72-59-58-67(3,4)5)60-73-63(68)56-54-52-50-48-17-15-13-11-9-7-2/h62,66H,6-61H2,1-5H3. The highest BCUT2D eigenvalue weighted by molar-refractivity contribution is 5.70. The lowest BCUT2D eigenvalue weighted by atomic mass is 10.0. The lowest BCUT2D eigenvalue weighted by Crippen LogP contribution is -2.44. The van der Waals surface area contributed by atoms with Gasteiger partial charge in [-0.05, 0) is 12.8 Å². The van der Waals surface area contributed by atoms with E-state index in [0.717, 1.165) is 38.5 Å². The van der Waals surface area contributed by atoms with Gasteiger partial charge in [0.05, 0.1) is 40.3 Å². The molecule has 0 bridgehead atoms. The number of hydrogen-bond donors (Lipinski definition) is 0. The number of rotatable bonds is 63. The van der Waals surface area contributed by atoms with Crippen LogP contribution in [0.3, 0.4) is 0 Å². The Kier molecular flexibility index (Phi) is 57.1. The van der Waals surface area contributed by atoms with Crippen molar-refractivity contribution >= 4 is 17.9 Å². The van der Waals surface area contributed by atoms with Crippen molar-refractivity contribution < 1.29 is 42.9 Å². The Morgan fingerprint density at radius 3 is 0.853 bits per heavy atom. The molecule has 2 unspecified atom stereocenters. The van der Waals surface area contributed by atoms with E-state index in [-0.39, 0.29) is 32.2 Å². The predicted molar refractivity (Wildman–Crippen MR) is 316 cm³/mol. The maximum absolute atomic E-state index is 12.8. The van der Waals surface area contributed by atoms with Gasteiger partial charge in [0.2, 0.25) is 0 Å². The minimum atomic E-state index is -1.61. The van der Waals surface area contributed by atoms with E-state index < -0.39 is 24.3 Å². The fourth-order valence-corrected chi connectivity index (χ4v) is 10.2. The van der Waals surface area contributed by atoms with E-state index in [0.29, 0.717) is 17.4 Å². The first-order valence-corrected chi connectivity index (χ1v) is 33.2. The van der Waals surface area contributed by atoms with Gasteiger partial charge in [-0.15, -0.1) is 0 Å². The first-order valence-electron chi connectivity index (χ1n) is 33.2. The number of unbranched alkanes of at least 4 members (excludes halogenated alkanes) is 48. The van der Waals surface area contributed by atoms with Crippen LogP contribution >= 0.6 is 0 Å². The van der Waals surface area contributed by atoms with Gasteiger partial charge < -0.3 is 33.3 Å². The van der Waals surface area contributed by atoms with Gasteiger partial charge in [-0.25, -0.2) is 0 Å². The number of ether oxygens (including phenoxy) is 4. The summed E-state index contributed by atoms with van der Waals surface area (Å²) in [6, 6.07) is 0. The molecule has 0 aliphatic rings. The summed E-state index contributed by atoms with van der Waals surface area (Å²) in [5, 5.41) is 11.7. The van der Waals surface area contributed by atoms with Crippen LogP contribution in [0.5, 0.6) is 0 Å². The number of nitrogens with zero attached hydrogens (tertiary/aromatic N) is 1. The maximum Gasteiger partial charge on any atom is 0.306 e. The highest BCUT2D eigenvalue weighted by atomic mass is 16.7.